The standard InChI is InChI=1S/C14H16BrNO2/c1-9(2)12-10(4-5-16)8-11(15)13-14(12)18-7-3-6-17-13/h8-9H,3-4,6-7H2,1-2H3. The number of rotatable bonds is 2. The minimum Gasteiger partial charge on any atom is -0.489 e. The van der Waals surface area contributed by atoms with Gasteiger partial charge in [-0.3, -0.25) is 0 Å². The highest BCUT2D eigenvalue weighted by Gasteiger charge is 2.23. The van der Waals surface area contributed by atoms with Crippen LogP contribution in [0.1, 0.15) is 37.3 Å². The average Bonchev–Trinajstić information content (AvgIpc) is 2.55. The van der Waals surface area contributed by atoms with E-state index in [4.69, 9.17) is 14.7 Å². The Morgan fingerprint density at radius 3 is 2.61 bits per heavy atom. The fourth-order valence-corrected chi connectivity index (χ4v) is 2.79. The van der Waals surface area contributed by atoms with E-state index in [0.29, 0.717) is 25.6 Å². The predicted octanol–water partition coefficient (Wildman–Crippen LogP) is 3.80. The van der Waals surface area contributed by atoms with Crippen molar-refractivity contribution in [3.8, 4) is 17.6 Å². The Hall–Kier alpha value is -1.21. The summed E-state index contributed by atoms with van der Waals surface area (Å²) in [4.78, 5) is 0. The first-order chi connectivity index (χ1) is 8.65. The molecule has 3 nitrogen and oxygen atoms in total. The van der Waals surface area contributed by atoms with Crippen LogP contribution in [0.3, 0.4) is 0 Å². The molecule has 0 amide bonds. The fourth-order valence-electron chi connectivity index (χ4n) is 2.22. The fraction of sp³-hybridized carbons (Fsp3) is 0.500. The highest BCUT2D eigenvalue weighted by Crippen LogP contribution is 2.44. The zero-order valence-corrected chi connectivity index (χ0v) is 12.2. The van der Waals surface area contributed by atoms with Crippen LogP contribution in [0.2, 0.25) is 0 Å². The van der Waals surface area contributed by atoms with Gasteiger partial charge in [0, 0.05) is 12.0 Å². The van der Waals surface area contributed by atoms with Crippen molar-refractivity contribution in [2.24, 2.45) is 0 Å². The van der Waals surface area contributed by atoms with Crippen LogP contribution in [-0.2, 0) is 6.42 Å². The first-order valence-electron chi connectivity index (χ1n) is 6.13. The van der Waals surface area contributed by atoms with Crippen LogP contribution in [0, 0.1) is 11.3 Å². The van der Waals surface area contributed by atoms with Crippen molar-refractivity contribution in [3.63, 3.8) is 0 Å². The summed E-state index contributed by atoms with van der Waals surface area (Å²) in [5.41, 5.74) is 2.11. The summed E-state index contributed by atoms with van der Waals surface area (Å²) < 4.78 is 12.5. The maximum atomic E-state index is 8.94. The van der Waals surface area contributed by atoms with E-state index in [0.717, 1.165) is 33.5 Å². The van der Waals surface area contributed by atoms with Crippen LogP contribution in [-0.4, -0.2) is 13.2 Å². The van der Waals surface area contributed by atoms with E-state index in [1.54, 1.807) is 0 Å². The monoisotopic (exact) mass is 309 g/mol. The molecule has 1 aromatic carbocycles. The van der Waals surface area contributed by atoms with Gasteiger partial charge in [-0.15, -0.1) is 0 Å². The minimum absolute atomic E-state index is 0.303. The van der Waals surface area contributed by atoms with Crippen LogP contribution in [0.5, 0.6) is 11.5 Å². The highest BCUT2D eigenvalue weighted by molar-refractivity contribution is 9.10. The van der Waals surface area contributed by atoms with Gasteiger partial charge in [-0.2, -0.15) is 5.26 Å². The summed E-state index contributed by atoms with van der Waals surface area (Å²) in [6, 6.07) is 4.19. The molecule has 0 N–H and O–H groups in total. The number of halogens is 1. The van der Waals surface area contributed by atoms with Crippen molar-refractivity contribution in [3.05, 3.63) is 21.7 Å². The third-order valence-electron chi connectivity index (χ3n) is 2.94. The molecule has 2 rings (SSSR count). The molecule has 96 valence electrons. The van der Waals surface area contributed by atoms with Gasteiger partial charge in [-0.25, -0.2) is 0 Å². The minimum atomic E-state index is 0.303. The molecule has 0 aromatic heterocycles. The van der Waals surface area contributed by atoms with E-state index in [1.807, 2.05) is 6.07 Å². The smallest absolute Gasteiger partial charge is 0.175 e. The number of nitriles is 1. The third-order valence-corrected chi connectivity index (χ3v) is 3.53. The molecule has 1 aliphatic rings. The van der Waals surface area contributed by atoms with Crippen LogP contribution >= 0.6 is 15.9 Å². The summed E-state index contributed by atoms with van der Waals surface area (Å²) in [5.74, 6) is 1.89. The molecule has 0 unspecified atom stereocenters. The second-order valence-corrected chi connectivity index (χ2v) is 5.48. The number of nitrogens with zero attached hydrogens (tertiary/aromatic N) is 1. The zero-order chi connectivity index (χ0) is 13.1. The second kappa shape index (κ2) is 5.62. The van der Waals surface area contributed by atoms with Gasteiger partial charge in [0.25, 0.3) is 0 Å². The van der Waals surface area contributed by atoms with Crippen molar-refractivity contribution in [1.29, 1.82) is 5.26 Å². The van der Waals surface area contributed by atoms with Crippen LogP contribution in [0.25, 0.3) is 0 Å². The lowest BCUT2D eigenvalue weighted by molar-refractivity contribution is 0.295. The number of hydrogen-bond acceptors (Lipinski definition) is 3. The van der Waals surface area contributed by atoms with E-state index in [9.17, 15) is 0 Å². The number of ether oxygens (including phenoxy) is 2. The van der Waals surface area contributed by atoms with Crippen molar-refractivity contribution in [1.82, 2.24) is 0 Å². The van der Waals surface area contributed by atoms with Gasteiger partial charge in [-0.1, -0.05) is 13.8 Å². The van der Waals surface area contributed by atoms with Crippen LogP contribution in [0.4, 0.5) is 0 Å². The quantitative estimate of drug-likeness (QED) is 0.834. The molecule has 0 saturated carbocycles. The van der Waals surface area contributed by atoms with Crippen molar-refractivity contribution >= 4 is 15.9 Å². The van der Waals surface area contributed by atoms with E-state index < -0.39 is 0 Å². The SMILES string of the molecule is CC(C)c1c(CC#N)cc(Br)c2c1OCCCO2. The van der Waals surface area contributed by atoms with E-state index in [-0.39, 0.29) is 0 Å². The Morgan fingerprint density at radius 1 is 1.33 bits per heavy atom. The van der Waals surface area contributed by atoms with E-state index >= 15 is 0 Å². The van der Waals surface area contributed by atoms with E-state index in [1.165, 1.54) is 0 Å². The Balaban J connectivity index is 2.62. The molecule has 0 atom stereocenters. The Labute approximate surface area is 116 Å². The molecule has 0 aliphatic carbocycles. The van der Waals surface area contributed by atoms with Crippen LogP contribution in [0.15, 0.2) is 10.5 Å². The maximum absolute atomic E-state index is 8.94. The number of benzene rings is 1. The molecule has 4 heteroatoms. The van der Waals surface area contributed by atoms with Gasteiger partial charge in [-0.05, 0) is 33.5 Å². The van der Waals surface area contributed by atoms with Gasteiger partial charge in [0.05, 0.1) is 30.2 Å². The summed E-state index contributed by atoms with van der Waals surface area (Å²) >= 11 is 3.51. The van der Waals surface area contributed by atoms with Crippen molar-refractivity contribution < 1.29 is 9.47 Å². The molecular formula is C14H16BrNO2. The van der Waals surface area contributed by atoms with Gasteiger partial charge >= 0.3 is 0 Å². The largest absolute Gasteiger partial charge is 0.489 e. The molecular weight excluding hydrogens is 294 g/mol. The number of hydrogen-bond donors (Lipinski definition) is 0. The maximum Gasteiger partial charge on any atom is 0.175 e. The van der Waals surface area contributed by atoms with Crippen molar-refractivity contribution in [2.45, 2.75) is 32.6 Å². The third kappa shape index (κ3) is 2.46. The van der Waals surface area contributed by atoms with Crippen LogP contribution < -0.4 is 9.47 Å². The molecule has 0 radical (unpaired) electrons. The van der Waals surface area contributed by atoms with Gasteiger partial charge in [0.1, 0.15) is 0 Å². The van der Waals surface area contributed by atoms with Gasteiger partial charge in [0.2, 0.25) is 0 Å². The Morgan fingerprint density at radius 2 is 2.00 bits per heavy atom. The lowest BCUT2D eigenvalue weighted by atomic mass is 9.94. The second-order valence-electron chi connectivity index (χ2n) is 4.63. The molecule has 1 heterocycles. The first kappa shape index (κ1) is 13.2. The average molecular weight is 310 g/mol. The summed E-state index contributed by atoms with van der Waals surface area (Å²) in [6.07, 6.45) is 1.27. The molecule has 1 aliphatic heterocycles. The Kier molecular flexibility index (Phi) is 4.13. The van der Waals surface area contributed by atoms with Crippen molar-refractivity contribution in [2.75, 3.05) is 13.2 Å². The molecule has 0 spiro atoms. The molecule has 0 bridgehead atoms. The normalized spacial score (nSPS) is 14.2. The topological polar surface area (TPSA) is 42.2 Å². The van der Waals surface area contributed by atoms with Gasteiger partial charge < -0.3 is 9.47 Å². The Bertz CT molecular complexity index is 492. The number of fused-ring (bicyclic) bond motifs is 1. The first-order valence-corrected chi connectivity index (χ1v) is 6.92. The predicted molar refractivity (Wildman–Crippen MR) is 73.2 cm³/mol. The molecule has 18 heavy (non-hydrogen) atoms. The summed E-state index contributed by atoms with van der Waals surface area (Å²) in [7, 11) is 0. The lowest BCUT2D eigenvalue weighted by Gasteiger charge is -2.19. The molecule has 0 saturated heterocycles. The summed E-state index contributed by atoms with van der Waals surface area (Å²) in [5, 5.41) is 8.94. The molecule has 0 fully saturated rings. The van der Waals surface area contributed by atoms with E-state index in [2.05, 4.69) is 35.8 Å². The lowest BCUT2D eigenvalue weighted by Crippen LogP contribution is -2.03. The zero-order valence-electron chi connectivity index (χ0n) is 10.6. The summed E-state index contributed by atoms with van der Waals surface area (Å²) in [6.45, 7) is 5.55. The molecule has 1 aromatic rings. The highest BCUT2D eigenvalue weighted by atomic mass is 79.9. The van der Waals surface area contributed by atoms with Gasteiger partial charge in [0.15, 0.2) is 11.5 Å².